The summed E-state index contributed by atoms with van der Waals surface area (Å²) in [6, 6.07) is 20.6. The van der Waals surface area contributed by atoms with Gasteiger partial charge in [0.1, 0.15) is 6.29 Å². The number of carbonyl (C=O) groups excluding carboxylic acids is 1. The molecule has 2 aromatic rings. The summed E-state index contributed by atoms with van der Waals surface area (Å²) < 4.78 is 0. The number of aldehydes is 1. The summed E-state index contributed by atoms with van der Waals surface area (Å²) in [5, 5.41) is 0. The number of carbonyl (C=O) groups is 1. The molecule has 0 aromatic heterocycles. The van der Waals surface area contributed by atoms with Crippen molar-refractivity contribution in [3.63, 3.8) is 0 Å². The molecule has 0 bridgehead atoms. The standard InChI is InChI=1S/C17H14O/c18-12-15-11-16(13-7-3-1-4-8-13)17(15)14-9-5-2-6-10-14/h1-10,12,16H,11H2. The maximum absolute atomic E-state index is 11.1. The first-order valence-electron chi connectivity index (χ1n) is 6.18. The quantitative estimate of drug-likeness (QED) is 0.738. The normalized spacial score (nSPS) is 18.3. The van der Waals surface area contributed by atoms with Crippen LogP contribution in [0.1, 0.15) is 23.5 Å². The van der Waals surface area contributed by atoms with E-state index in [1.165, 1.54) is 16.7 Å². The van der Waals surface area contributed by atoms with Crippen molar-refractivity contribution in [3.05, 3.63) is 77.4 Å². The molecule has 88 valence electrons. The van der Waals surface area contributed by atoms with E-state index in [1.54, 1.807) is 0 Å². The molecule has 0 saturated heterocycles. The molecule has 3 rings (SSSR count). The lowest BCUT2D eigenvalue weighted by atomic mass is 9.71. The Balaban J connectivity index is 2.02. The second-order valence-corrected chi connectivity index (χ2v) is 4.59. The number of hydrogen-bond donors (Lipinski definition) is 0. The Kier molecular flexibility index (Phi) is 2.81. The Morgan fingerprint density at radius 1 is 0.889 bits per heavy atom. The first-order chi connectivity index (χ1) is 8.90. The summed E-state index contributed by atoms with van der Waals surface area (Å²) in [4.78, 5) is 11.1. The van der Waals surface area contributed by atoms with Gasteiger partial charge >= 0.3 is 0 Å². The molecular formula is C17H14O. The van der Waals surface area contributed by atoms with Crippen LogP contribution in [0.3, 0.4) is 0 Å². The average molecular weight is 234 g/mol. The summed E-state index contributed by atoms with van der Waals surface area (Å²) in [5.41, 5.74) is 4.59. The number of rotatable bonds is 3. The van der Waals surface area contributed by atoms with Crippen molar-refractivity contribution in [1.82, 2.24) is 0 Å². The van der Waals surface area contributed by atoms with Gasteiger partial charge in [-0.15, -0.1) is 0 Å². The molecule has 1 heteroatoms. The highest BCUT2D eigenvalue weighted by Crippen LogP contribution is 2.47. The van der Waals surface area contributed by atoms with Crippen LogP contribution in [-0.4, -0.2) is 6.29 Å². The smallest absolute Gasteiger partial charge is 0.146 e. The molecule has 0 aliphatic heterocycles. The molecule has 0 fully saturated rings. The maximum Gasteiger partial charge on any atom is 0.146 e. The molecule has 0 amide bonds. The van der Waals surface area contributed by atoms with Crippen molar-refractivity contribution >= 4 is 11.9 Å². The molecule has 0 saturated carbocycles. The minimum Gasteiger partial charge on any atom is -0.298 e. The summed E-state index contributed by atoms with van der Waals surface area (Å²) in [7, 11) is 0. The Morgan fingerprint density at radius 2 is 1.50 bits per heavy atom. The minimum atomic E-state index is 0.369. The molecule has 0 heterocycles. The second-order valence-electron chi connectivity index (χ2n) is 4.59. The SMILES string of the molecule is O=CC1=C(c2ccccc2)C(c2ccccc2)C1. The highest BCUT2D eigenvalue weighted by Gasteiger charge is 2.31. The van der Waals surface area contributed by atoms with Gasteiger partial charge < -0.3 is 0 Å². The molecule has 1 unspecified atom stereocenters. The van der Waals surface area contributed by atoms with E-state index in [0.717, 1.165) is 18.3 Å². The molecule has 1 aliphatic carbocycles. The van der Waals surface area contributed by atoms with Crippen LogP contribution in [-0.2, 0) is 4.79 Å². The van der Waals surface area contributed by atoms with Crippen molar-refractivity contribution in [2.24, 2.45) is 0 Å². The fraction of sp³-hybridized carbons (Fsp3) is 0.118. The number of allylic oxidation sites excluding steroid dienone is 2. The molecule has 0 radical (unpaired) electrons. The zero-order valence-corrected chi connectivity index (χ0v) is 10.0. The molecule has 1 atom stereocenters. The van der Waals surface area contributed by atoms with Crippen LogP contribution in [0.15, 0.2) is 66.2 Å². The van der Waals surface area contributed by atoms with Gasteiger partial charge in [0, 0.05) is 5.92 Å². The van der Waals surface area contributed by atoms with E-state index in [4.69, 9.17) is 0 Å². The molecule has 0 spiro atoms. The largest absolute Gasteiger partial charge is 0.298 e. The van der Waals surface area contributed by atoms with Crippen LogP contribution < -0.4 is 0 Å². The molecule has 1 nitrogen and oxygen atoms in total. The zero-order valence-electron chi connectivity index (χ0n) is 10.0. The van der Waals surface area contributed by atoms with Gasteiger partial charge in [-0.25, -0.2) is 0 Å². The fourth-order valence-electron chi connectivity index (χ4n) is 2.61. The van der Waals surface area contributed by atoms with Crippen molar-refractivity contribution in [2.45, 2.75) is 12.3 Å². The van der Waals surface area contributed by atoms with E-state index >= 15 is 0 Å². The molecule has 18 heavy (non-hydrogen) atoms. The first kappa shape index (κ1) is 11.0. The summed E-state index contributed by atoms with van der Waals surface area (Å²) in [6.45, 7) is 0. The molecule has 2 aromatic carbocycles. The van der Waals surface area contributed by atoms with E-state index < -0.39 is 0 Å². The van der Waals surface area contributed by atoms with Crippen molar-refractivity contribution < 1.29 is 4.79 Å². The third-order valence-electron chi connectivity index (χ3n) is 3.55. The highest BCUT2D eigenvalue weighted by atomic mass is 16.1. The maximum atomic E-state index is 11.1. The Morgan fingerprint density at radius 3 is 2.11 bits per heavy atom. The summed E-state index contributed by atoms with van der Waals surface area (Å²) in [5.74, 6) is 0.369. The summed E-state index contributed by atoms with van der Waals surface area (Å²) in [6.07, 6.45) is 1.86. The predicted octanol–water partition coefficient (Wildman–Crippen LogP) is 3.83. The number of hydrogen-bond acceptors (Lipinski definition) is 1. The molecule has 0 N–H and O–H groups in total. The van der Waals surface area contributed by atoms with Crippen LogP contribution in [0, 0.1) is 0 Å². The Labute approximate surface area is 107 Å². The zero-order chi connectivity index (χ0) is 12.4. The first-order valence-corrected chi connectivity index (χ1v) is 6.18. The van der Waals surface area contributed by atoms with Gasteiger partial charge in [0.15, 0.2) is 0 Å². The van der Waals surface area contributed by atoms with Gasteiger partial charge in [-0.2, -0.15) is 0 Å². The van der Waals surface area contributed by atoms with Crippen LogP contribution in [0.25, 0.3) is 5.57 Å². The van der Waals surface area contributed by atoms with Crippen molar-refractivity contribution in [1.29, 1.82) is 0 Å². The van der Waals surface area contributed by atoms with Gasteiger partial charge in [0.25, 0.3) is 0 Å². The minimum absolute atomic E-state index is 0.369. The van der Waals surface area contributed by atoms with Crippen molar-refractivity contribution in [3.8, 4) is 0 Å². The number of benzene rings is 2. The summed E-state index contributed by atoms with van der Waals surface area (Å²) >= 11 is 0. The van der Waals surface area contributed by atoms with Crippen LogP contribution in [0.4, 0.5) is 0 Å². The third-order valence-corrected chi connectivity index (χ3v) is 3.55. The topological polar surface area (TPSA) is 17.1 Å². The molecular weight excluding hydrogens is 220 g/mol. The van der Waals surface area contributed by atoms with Crippen LogP contribution in [0.5, 0.6) is 0 Å². The highest BCUT2D eigenvalue weighted by molar-refractivity contribution is 5.95. The van der Waals surface area contributed by atoms with E-state index in [0.29, 0.717) is 5.92 Å². The van der Waals surface area contributed by atoms with Gasteiger partial charge in [-0.1, -0.05) is 60.7 Å². The predicted molar refractivity (Wildman–Crippen MR) is 73.2 cm³/mol. The lowest BCUT2D eigenvalue weighted by Crippen LogP contribution is -2.16. The van der Waals surface area contributed by atoms with E-state index in [9.17, 15) is 4.79 Å². The third kappa shape index (κ3) is 1.78. The van der Waals surface area contributed by atoms with Crippen LogP contribution >= 0.6 is 0 Å². The Hall–Kier alpha value is -2.15. The van der Waals surface area contributed by atoms with Gasteiger partial charge in [-0.05, 0) is 28.7 Å². The lowest BCUT2D eigenvalue weighted by molar-refractivity contribution is -0.105. The van der Waals surface area contributed by atoms with E-state index in [2.05, 4.69) is 36.4 Å². The van der Waals surface area contributed by atoms with E-state index in [1.807, 2.05) is 24.3 Å². The monoisotopic (exact) mass is 234 g/mol. The van der Waals surface area contributed by atoms with Gasteiger partial charge in [0.2, 0.25) is 0 Å². The Bertz CT molecular complexity index is 582. The van der Waals surface area contributed by atoms with Crippen LogP contribution in [0.2, 0.25) is 0 Å². The van der Waals surface area contributed by atoms with Gasteiger partial charge in [-0.3, -0.25) is 4.79 Å². The fourth-order valence-corrected chi connectivity index (χ4v) is 2.61. The van der Waals surface area contributed by atoms with Crippen molar-refractivity contribution in [2.75, 3.05) is 0 Å². The lowest BCUT2D eigenvalue weighted by Gasteiger charge is -2.32. The molecule has 1 aliphatic rings. The second kappa shape index (κ2) is 4.61. The average Bonchev–Trinajstić information content (AvgIpc) is 2.41. The van der Waals surface area contributed by atoms with E-state index in [-0.39, 0.29) is 0 Å². The van der Waals surface area contributed by atoms with Gasteiger partial charge in [0.05, 0.1) is 0 Å².